The van der Waals surface area contributed by atoms with Crippen molar-refractivity contribution in [3.05, 3.63) is 60.2 Å². The second-order valence-corrected chi connectivity index (χ2v) is 6.73. The maximum Gasteiger partial charge on any atom is 0.290 e. The number of rotatable bonds is 6. The van der Waals surface area contributed by atoms with Crippen LogP contribution >= 0.6 is 0 Å². The summed E-state index contributed by atoms with van der Waals surface area (Å²) in [5.41, 5.74) is 3.16. The van der Waals surface area contributed by atoms with E-state index in [9.17, 15) is 4.79 Å². The molecule has 1 aromatic carbocycles. The summed E-state index contributed by atoms with van der Waals surface area (Å²) in [7, 11) is 1.65. The number of methoxy groups -OCH3 is 1. The first-order chi connectivity index (χ1) is 14.7. The van der Waals surface area contributed by atoms with Gasteiger partial charge in [-0.2, -0.15) is 5.10 Å². The van der Waals surface area contributed by atoms with Crippen LogP contribution in [-0.2, 0) is 22.7 Å². The average molecular weight is 412 g/mol. The minimum atomic E-state index is -0.250. The van der Waals surface area contributed by atoms with Crippen LogP contribution in [-0.4, -0.2) is 60.8 Å². The van der Waals surface area contributed by atoms with Gasteiger partial charge in [0, 0.05) is 25.4 Å². The molecule has 1 unspecified atom stereocenters. The second kappa shape index (κ2) is 10.2. The zero-order chi connectivity index (χ0) is 21.3. The van der Waals surface area contributed by atoms with Crippen LogP contribution in [0.3, 0.4) is 0 Å². The lowest BCUT2D eigenvalue weighted by molar-refractivity contribution is -0.132. The van der Waals surface area contributed by atoms with Crippen molar-refractivity contribution in [1.82, 2.24) is 29.6 Å². The minimum absolute atomic E-state index is 0.0603. The molecule has 1 atom stereocenters. The molecule has 0 fully saturated rings. The summed E-state index contributed by atoms with van der Waals surface area (Å²) in [6, 6.07) is 7.97. The number of imidazole rings is 1. The van der Waals surface area contributed by atoms with Gasteiger partial charge in [0.05, 0.1) is 31.4 Å². The molecule has 158 valence electrons. The zero-order valence-electron chi connectivity index (χ0n) is 16.6. The number of hydrogen-bond acceptors (Lipinski definition) is 6. The average Bonchev–Trinajstić information content (AvgIpc) is 3.45. The Kier molecular flexibility index (Phi) is 7.14. The fourth-order valence-electron chi connectivity index (χ4n) is 3.51. The number of nitrogens with zero attached hydrogens (tertiary/aromatic N) is 5. The van der Waals surface area contributed by atoms with Gasteiger partial charge in [-0.25, -0.2) is 9.97 Å². The Labute approximate surface area is 173 Å². The fourth-order valence-corrected chi connectivity index (χ4v) is 3.51. The molecule has 1 amide bonds. The largest absolute Gasteiger partial charge is 0.497 e. The number of carbonyl (C=O) groups excluding carboxylic acids is 1. The molecule has 2 aromatic heterocycles. The Morgan fingerprint density at radius 3 is 2.80 bits per heavy atom. The number of fused-ring (bicyclic) bond motifs is 1. The van der Waals surface area contributed by atoms with Crippen molar-refractivity contribution in [2.75, 3.05) is 13.7 Å². The number of aromatic nitrogens is 5. The van der Waals surface area contributed by atoms with E-state index in [1.165, 1.54) is 6.33 Å². The Hall–Kier alpha value is -3.69. The van der Waals surface area contributed by atoms with Gasteiger partial charge in [0.2, 0.25) is 5.91 Å². The third-order valence-electron chi connectivity index (χ3n) is 4.95. The van der Waals surface area contributed by atoms with E-state index in [0.29, 0.717) is 26.1 Å². The highest BCUT2D eigenvalue weighted by atomic mass is 16.5. The molecular weight excluding hydrogens is 388 g/mol. The van der Waals surface area contributed by atoms with Crippen LogP contribution in [0.1, 0.15) is 35.7 Å². The Balaban J connectivity index is 0.000000806. The van der Waals surface area contributed by atoms with Gasteiger partial charge in [0.1, 0.15) is 18.4 Å². The number of H-pyrrole nitrogens is 1. The van der Waals surface area contributed by atoms with Crippen molar-refractivity contribution in [3.63, 3.8) is 0 Å². The number of aromatic amines is 1. The van der Waals surface area contributed by atoms with Gasteiger partial charge in [-0.05, 0) is 24.1 Å². The van der Waals surface area contributed by atoms with E-state index in [0.717, 1.165) is 29.1 Å². The zero-order valence-corrected chi connectivity index (χ0v) is 16.6. The standard InChI is InChI=1S/C19H22N6O2.CH2O2/c1-27-15-6-4-14(5-7-15)16-9-24(10-17-19(16)22-12-21-17)18(26)3-2-8-25-13-20-11-23-25;2-1-3/h4-7,11-13,16H,2-3,8-10H2,1H3,(H,21,22);1H,(H,2,3). The first-order valence-corrected chi connectivity index (χ1v) is 9.50. The predicted octanol–water partition coefficient (Wildman–Crippen LogP) is 1.67. The second-order valence-electron chi connectivity index (χ2n) is 6.73. The molecule has 3 heterocycles. The summed E-state index contributed by atoms with van der Waals surface area (Å²) in [4.78, 5) is 34.7. The maximum absolute atomic E-state index is 12.8. The smallest absolute Gasteiger partial charge is 0.290 e. The third-order valence-corrected chi connectivity index (χ3v) is 4.95. The third kappa shape index (κ3) is 5.02. The van der Waals surface area contributed by atoms with E-state index in [2.05, 4.69) is 20.1 Å². The van der Waals surface area contributed by atoms with E-state index < -0.39 is 0 Å². The molecule has 1 aliphatic heterocycles. The molecule has 0 radical (unpaired) electrons. The molecule has 10 heteroatoms. The highest BCUT2D eigenvalue weighted by Gasteiger charge is 2.31. The quantitative estimate of drug-likeness (QED) is 0.590. The molecule has 10 nitrogen and oxygen atoms in total. The number of benzene rings is 1. The van der Waals surface area contributed by atoms with E-state index >= 15 is 0 Å². The van der Waals surface area contributed by atoms with Gasteiger partial charge in [0.25, 0.3) is 6.47 Å². The molecule has 1 aliphatic rings. The van der Waals surface area contributed by atoms with E-state index in [1.54, 1.807) is 24.4 Å². The van der Waals surface area contributed by atoms with Crippen LogP contribution in [0.25, 0.3) is 0 Å². The minimum Gasteiger partial charge on any atom is -0.497 e. The number of nitrogens with one attached hydrogen (secondary N) is 1. The summed E-state index contributed by atoms with van der Waals surface area (Å²) >= 11 is 0. The van der Waals surface area contributed by atoms with Crippen molar-refractivity contribution < 1.29 is 19.4 Å². The lowest BCUT2D eigenvalue weighted by Gasteiger charge is -2.32. The number of carbonyl (C=O) groups is 2. The van der Waals surface area contributed by atoms with Crippen molar-refractivity contribution in [3.8, 4) is 5.75 Å². The van der Waals surface area contributed by atoms with Crippen LogP contribution in [0, 0.1) is 0 Å². The van der Waals surface area contributed by atoms with Crippen molar-refractivity contribution in [2.45, 2.75) is 31.8 Å². The number of carboxylic acid groups (broad SMARTS) is 1. The maximum atomic E-state index is 12.8. The molecule has 2 N–H and O–H groups in total. The van der Waals surface area contributed by atoms with E-state index in [-0.39, 0.29) is 18.3 Å². The number of amides is 1. The van der Waals surface area contributed by atoms with Crippen LogP contribution in [0.2, 0.25) is 0 Å². The van der Waals surface area contributed by atoms with E-state index in [4.69, 9.17) is 14.6 Å². The molecule has 0 bridgehead atoms. The summed E-state index contributed by atoms with van der Waals surface area (Å²) in [6.45, 7) is 1.65. The van der Waals surface area contributed by atoms with Gasteiger partial charge in [-0.15, -0.1) is 0 Å². The van der Waals surface area contributed by atoms with Crippen molar-refractivity contribution in [2.24, 2.45) is 0 Å². The topological polar surface area (TPSA) is 126 Å². The Morgan fingerprint density at radius 2 is 2.13 bits per heavy atom. The normalized spacial score (nSPS) is 15.0. The lowest BCUT2D eigenvalue weighted by Crippen LogP contribution is -2.38. The first kappa shape index (κ1) is 21.0. The number of hydrogen-bond donors (Lipinski definition) is 2. The van der Waals surface area contributed by atoms with Crippen LogP contribution < -0.4 is 4.74 Å². The predicted molar refractivity (Wildman–Crippen MR) is 107 cm³/mol. The molecule has 0 saturated heterocycles. The summed E-state index contributed by atoms with van der Waals surface area (Å²) in [6.07, 6.45) is 6.11. The van der Waals surface area contributed by atoms with E-state index in [1.807, 2.05) is 29.2 Å². The van der Waals surface area contributed by atoms with Gasteiger partial charge in [0.15, 0.2) is 0 Å². The SMILES string of the molecule is COc1ccc(C2CN(C(=O)CCCn3cncn3)Cc3[nH]cnc32)cc1.O=CO. The molecule has 0 aliphatic carbocycles. The molecule has 0 spiro atoms. The van der Waals surface area contributed by atoms with Gasteiger partial charge >= 0.3 is 0 Å². The highest BCUT2D eigenvalue weighted by molar-refractivity contribution is 5.76. The molecule has 30 heavy (non-hydrogen) atoms. The van der Waals surface area contributed by atoms with Gasteiger partial charge in [-0.3, -0.25) is 14.3 Å². The fraction of sp³-hybridized carbons (Fsp3) is 0.350. The van der Waals surface area contributed by atoms with Crippen LogP contribution in [0.5, 0.6) is 5.75 Å². The van der Waals surface area contributed by atoms with Crippen LogP contribution in [0.15, 0.2) is 43.2 Å². The van der Waals surface area contributed by atoms with Gasteiger partial charge < -0.3 is 19.7 Å². The molecule has 4 rings (SSSR count). The Bertz CT molecular complexity index is 939. The monoisotopic (exact) mass is 412 g/mol. The highest BCUT2D eigenvalue weighted by Crippen LogP contribution is 2.32. The number of aryl methyl sites for hydroxylation is 1. The summed E-state index contributed by atoms with van der Waals surface area (Å²) in [5.74, 6) is 1.02. The summed E-state index contributed by atoms with van der Waals surface area (Å²) in [5, 5.41) is 11.0. The molecule has 0 saturated carbocycles. The van der Waals surface area contributed by atoms with Crippen LogP contribution in [0.4, 0.5) is 0 Å². The van der Waals surface area contributed by atoms with Gasteiger partial charge in [-0.1, -0.05) is 12.1 Å². The molecule has 3 aromatic rings. The first-order valence-electron chi connectivity index (χ1n) is 9.50. The summed E-state index contributed by atoms with van der Waals surface area (Å²) < 4.78 is 6.99. The number of ether oxygens (including phenoxy) is 1. The van der Waals surface area contributed by atoms with Crippen molar-refractivity contribution >= 4 is 12.4 Å². The molecular formula is C20H24N6O4. The lowest BCUT2D eigenvalue weighted by atomic mass is 9.90. The Morgan fingerprint density at radius 1 is 1.37 bits per heavy atom. The van der Waals surface area contributed by atoms with Crippen molar-refractivity contribution in [1.29, 1.82) is 0 Å².